The first-order valence-electron chi connectivity index (χ1n) is 6.59. The predicted molar refractivity (Wildman–Crippen MR) is 77.9 cm³/mol. The number of carbonyl (C=O) groups excluding carboxylic acids is 2. The number of hydrogen-bond donors (Lipinski definition) is 1. The Morgan fingerprint density at radius 3 is 2.64 bits per heavy atom. The molecule has 2 aromatic rings. The number of carbonyl (C=O) groups is 2. The first-order valence-corrected chi connectivity index (χ1v) is 6.59. The highest BCUT2D eigenvalue weighted by Crippen LogP contribution is 2.09. The van der Waals surface area contributed by atoms with E-state index in [0.29, 0.717) is 11.1 Å². The summed E-state index contributed by atoms with van der Waals surface area (Å²) >= 11 is 0. The summed E-state index contributed by atoms with van der Waals surface area (Å²) in [6.07, 6.45) is 1.27. The first kappa shape index (κ1) is 15.6. The van der Waals surface area contributed by atoms with Crippen molar-refractivity contribution in [1.82, 2.24) is 10.3 Å². The SMILES string of the molecule is COC(=O)c1ccc(C(=O)NCc2ccc(C)c(F)c2)nc1. The molecule has 1 aromatic heterocycles. The molecule has 0 spiro atoms. The molecule has 0 fully saturated rings. The van der Waals surface area contributed by atoms with Crippen molar-refractivity contribution in [1.29, 1.82) is 0 Å². The largest absolute Gasteiger partial charge is 0.465 e. The second kappa shape index (κ2) is 6.80. The van der Waals surface area contributed by atoms with Gasteiger partial charge in [-0.2, -0.15) is 0 Å². The topological polar surface area (TPSA) is 68.3 Å². The van der Waals surface area contributed by atoms with Crippen molar-refractivity contribution in [2.24, 2.45) is 0 Å². The zero-order valence-electron chi connectivity index (χ0n) is 12.2. The standard InChI is InChI=1S/C16H15FN2O3/c1-10-3-4-11(7-13(10)17)8-19-15(20)14-6-5-12(9-18-14)16(21)22-2/h3-7,9H,8H2,1-2H3,(H,19,20). The van der Waals surface area contributed by atoms with Crippen LogP contribution in [0.2, 0.25) is 0 Å². The molecule has 1 N–H and O–H groups in total. The Labute approximate surface area is 127 Å². The van der Waals surface area contributed by atoms with Gasteiger partial charge in [0, 0.05) is 12.7 Å². The molecule has 0 aliphatic rings. The fourth-order valence-corrected chi connectivity index (χ4v) is 1.79. The van der Waals surface area contributed by atoms with Crippen LogP contribution < -0.4 is 5.32 Å². The Balaban J connectivity index is 2.00. The molecule has 0 radical (unpaired) electrons. The van der Waals surface area contributed by atoms with Gasteiger partial charge in [-0.25, -0.2) is 9.18 Å². The minimum absolute atomic E-state index is 0.167. The van der Waals surface area contributed by atoms with Crippen LogP contribution in [-0.4, -0.2) is 24.0 Å². The molecular weight excluding hydrogens is 287 g/mol. The summed E-state index contributed by atoms with van der Waals surface area (Å²) < 4.78 is 18.0. The van der Waals surface area contributed by atoms with Crippen LogP contribution in [0.4, 0.5) is 4.39 Å². The van der Waals surface area contributed by atoms with Gasteiger partial charge in [-0.1, -0.05) is 12.1 Å². The molecule has 1 heterocycles. The molecule has 0 aliphatic heterocycles. The van der Waals surface area contributed by atoms with E-state index in [-0.39, 0.29) is 23.6 Å². The van der Waals surface area contributed by atoms with E-state index >= 15 is 0 Å². The van der Waals surface area contributed by atoms with Crippen molar-refractivity contribution in [3.63, 3.8) is 0 Å². The Bertz CT molecular complexity index is 699. The van der Waals surface area contributed by atoms with Crippen molar-refractivity contribution in [3.8, 4) is 0 Å². The summed E-state index contributed by atoms with van der Waals surface area (Å²) in [5.74, 6) is -1.24. The summed E-state index contributed by atoms with van der Waals surface area (Å²) in [7, 11) is 1.27. The van der Waals surface area contributed by atoms with Crippen molar-refractivity contribution in [2.45, 2.75) is 13.5 Å². The van der Waals surface area contributed by atoms with Crippen molar-refractivity contribution < 1.29 is 18.7 Å². The van der Waals surface area contributed by atoms with Gasteiger partial charge in [0.15, 0.2) is 0 Å². The summed E-state index contributed by atoms with van der Waals surface area (Å²) in [4.78, 5) is 27.1. The van der Waals surface area contributed by atoms with Crippen LogP contribution in [0.15, 0.2) is 36.5 Å². The second-order valence-electron chi connectivity index (χ2n) is 4.69. The zero-order valence-corrected chi connectivity index (χ0v) is 12.2. The highest BCUT2D eigenvalue weighted by Gasteiger charge is 2.10. The maximum absolute atomic E-state index is 13.4. The number of aryl methyl sites for hydroxylation is 1. The van der Waals surface area contributed by atoms with Crippen LogP contribution in [0.5, 0.6) is 0 Å². The highest BCUT2D eigenvalue weighted by atomic mass is 19.1. The van der Waals surface area contributed by atoms with E-state index in [1.165, 1.54) is 31.5 Å². The number of nitrogens with one attached hydrogen (secondary N) is 1. The Kier molecular flexibility index (Phi) is 4.83. The van der Waals surface area contributed by atoms with Crippen molar-refractivity contribution in [2.75, 3.05) is 7.11 Å². The number of benzene rings is 1. The van der Waals surface area contributed by atoms with Crippen LogP contribution in [0.1, 0.15) is 32.0 Å². The van der Waals surface area contributed by atoms with Gasteiger partial charge in [0.2, 0.25) is 0 Å². The van der Waals surface area contributed by atoms with Crippen LogP contribution >= 0.6 is 0 Å². The number of ether oxygens (including phenoxy) is 1. The quantitative estimate of drug-likeness (QED) is 0.880. The van der Waals surface area contributed by atoms with E-state index in [1.54, 1.807) is 19.1 Å². The highest BCUT2D eigenvalue weighted by molar-refractivity contribution is 5.94. The average molecular weight is 302 g/mol. The number of pyridine rings is 1. The fraction of sp³-hybridized carbons (Fsp3) is 0.188. The van der Waals surface area contributed by atoms with Gasteiger partial charge in [0.05, 0.1) is 12.7 Å². The lowest BCUT2D eigenvalue weighted by molar-refractivity contribution is 0.0599. The first-order chi connectivity index (χ1) is 10.5. The molecule has 1 aromatic carbocycles. The number of rotatable bonds is 4. The summed E-state index contributed by atoms with van der Waals surface area (Å²) in [6.45, 7) is 1.86. The normalized spacial score (nSPS) is 10.1. The zero-order chi connectivity index (χ0) is 16.1. The second-order valence-corrected chi connectivity index (χ2v) is 4.69. The minimum atomic E-state index is -0.519. The van der Waals surface area contributed by atoms with E-state index in [9.17, 15) is 14.0 Å². The number of aromatic nitrogens is 1. The van der Waals surface area contributed by atoms with Crippen LogP contribution in [0, 0.1) is 12.7 Å². The number of methoxy groups -OCH3 is 1. The molecule has 0 saturated carbocycles. The third kappa shape index (κ3) is 3.66. The lowest BCUT2D eigenvalue weighted by atomic mass is 10.1. The Morgan fingerprint density at radius 2 is 2.05 bits per heavy atom. The Morgan fingerprint density at radius 1 is 1.27 bits per heavy atom. The van der Waals surface area contributed by atoms with E-state index in [4.69, 9.17) is 0 Å². The molecule has 1 amide bonds. The van der Waals surface area contributed by atoms with Gasteiger partial charge in [0.25, 0.3) is 5.91 Å². The number of amides is 1. The van der Waals surface area contributed by atoms with E-state index in [0.717, 1.165) is 0 Å². The number of esters is 1. The van der Waals surface area contributed by atoms with E-state index in [2.05, 4.69) is 15.0 Å². The van der Waals surface area contributed by atoms with Gasteiger partial charge < -0.3 is 10.1 Å². The van der Waals surface area contributed by atoms with Gasteiger partial charge >= 0.3 is 5.97 Å². The molecule has 0 atom stereocenters. The van der Waals surface area contributed by atoms with Crippen LogP contribution in [0.25, 0.3) is 0 Å². The van der Waals surface area contributed by atoms with Gasteiger partial charge in [-0.3, -0.25) is 9.78 Å². The number of hydrogen-bond acceptors (Lipinski definition) is 4. The van der Waals surface area contributed by atoms with Gasteiger partial charge in [-0.15, -0.1) is 0 Å². The third-order valence-corrected chi connectivity index (χ3v) is 3.11. The third-order valence-electron chi connectivity index (χ3n) is 3.11. The Hall–Kier alpha value is -2.76. The molecule has 0 aliphatic carbocycles. The number of halogens is 1. The molecule has 2 rings (SSSR count). The predicted octanol–water partition coefficient (Wildman–Crippen LogP) is 2.25. The lowest BCUT2D eigenvalue weighted by Gasteiger charge is -2.06. The summed E-state index contributed by atoms with van der Waals surface area (Å²) in [5.41, 5.74) is 1.64. The fourth-order valence-electron chi connectivity index (χ4n) is 1.79. The molecule has 0 saturated heterocycles. The monoisotopic (exact) mass is 302 g/mol. The van der Waals surface area contributed by atoms with Crippen molar-refractivity contribution >= 4 is 11.9 Å². The van der Waals surface area contributed by atoms with Gasteiger partial charge in [0.1, 0.15) is 11.5 Å². The van der Waals surface area contributed by atoms with Crippen LogP contribution in [0.3, 0.4) is 0 Å². The molecule has 22 heavy (non-hydrogen) atoms. The summed E-state index contributed by atoms with van der Waals surface area (Å²) in [6, 6.07) is 7.66. The van der Waals surface area contributed by atoms with Crippen molar-refractivity contribution in [3.05, 3.63) is 64.7 Å². The molecule has 5 nitrogen and oxygen atoms in total. The maximum Gasteiger partial charge on any atom is 0.339 e. The van der Waals surface area contributed by atoms with Crippen LogP contribution in [-0.2, 0) is 11.3 Å². The molecule has 6 heteroatoms. The maximum atomic E-state index is 13.4. The smallest absolute Gasteiger partial charge is 0.339 e. The van der Waals surface area contributed by atoms with Gasteiger partial charge in [-0.05, 0) is 36.2 Å². The molecule has 0 unspecified atom stereocenters. The lowest BCUT2D eigenvalue weighted by Crippen LogP contribution is -2.24. The van der Waals surface area contributed by atoms with E-state index < -0.39 is 11.9 Å². The average Bonchev–Trinajstić information content (AvgIpc) is 2.55. The van der Waals surface area contributed by atoms with E-state index in [1.807, 2.05) is 0 Å². The minimum Gasteiger partial charge on any atom is -0.465 e. The summed E-state index contributed by atoms with van der Waals surface area (Å²) in [5, 5.41) is 2.64. The molecular formula is C16H15FN2O3. The molecule has 0 bridgehead atoms. The number of nitrogens with zero attached hydrogens (tertiary/aromatic N) is 1. The molecule has 114 valence electrons.